The van der Waals surface area contributed by atoms with Gasteiger partial charge in [-0.3, -0.25) is 0 Å². The van der Waals surface area contributed by atoms with Crippen LogP contribution in [0.3, 0.4) is 0 Å². The molecule has 4 heteroatoms. The van der Waals surface area contributed by atoms with Gasteiger partial charge in [0.25, 0.3) is 0 Å². The van der Waals surface area contributed by atoms with E-state index in [4.69, 9.17) is 0 Å². The van der Waals surface area contributed by atoms with E-state index < -0.39 is 0 Å². The molecule has 1 nitrogen and oxygen atoms in total. The van der Waals surface area contributed by atoms with Gasteiger partial charge < -0.3 is 24.8 Å². The predicted octanol–water partition coefficient (Wildman–Crippen LogP) is 0.0999. The van der Waals surface area contributed by atoms with Gasteiger partial charge in [0.1, 0.15) is 0 Å². The molecule has 1 aliphatic rings. The number of nitrogens with zero attached hydrogens (tertiary/aromatic N) is 1. The molecule has 0 spiro atoms. The van der Waals surface area contributed by atoms with Gasteiger partial charge in [0.2, 0.25) is 0 Å². The Morgan fingerprint density at radius 1 is 0.840 bits per heavy atom. The Kier molecular flexibility index (Phi) is 12.9. The van der Waals surface area contributed by atoms with Crippen LogP contribution in [-0.4, -0.2) is 25.5 Å². The summed E-state index contributed by atoms with van der Waals surface area (Å²) < 4.78 is 1.65. The second-order valence-corrected chi connectivity index (χ2v) is 9.04. The molecule has 0 saturated heterocycles. The molecule has 0 aromatic carbocycles. The first-order valence-corrected chi connectivity index (χ1v) is 10.3. The van der Waals surface area contributed by atoms with Gasteiger partial charge in [-0.1, -0.05) is 0 Å². The van der Waals surface area contributed by atoms with E-state index in [0.717, 1.165) is 6.54 Å². The van der Waals surface area contributed by atoms with Gasteiger partial charge in [-0.2, -0.15) is 0 Å². The Bertz CT molecular complexity index is 472. The van der Waals surface area contributed by atoms with Crippen molar-refractivity contribution in [2.24, 2.45) is 10.8 Å². The SMILES string of the molecule is CCC(C)(CC)C1=[C]([Ti+2])CC(CCN(C)C)=C1C(C)(CC)CC.[Cl-].[Cl-]. The van der Waals surface area contributed by atoms with Crippen molar-refractivity contribution in [3.05, 3.63) is 20.6 Å². The fraction of sp³-hybridized carbons (Fsp3) is 0.810. The molecule has 0 amide bonds. The van der Waals surface area contributed by atoms with E-state index in [1.807, 2.05) is 0 Å². The summed E-state index contributed by atoms with van der Waals surface area (Å²) in [5.74, 6) is 0. The summed E-state index contributed by atoms with van der Waals surface area (Å²) in [4.78, 5) is 2.33. The Morgan fingerprint density at radius 2 is 1.24 bits per heavy atom. The van der Waals surface area contributed by atoms with Crippen LogP contribution in [0.25, 0.3) is 0 Å². The molecule has 0 aromatic rings. The molecule has 0 aromatic heterocycles. The van der Waals surface area contributed by atoms with E-state index in [9.17, 15) is 0 Å². The van der Waals surface area contributed by atoms with Crippen molar-refractivity contribution >= 4 is 0 Å². The van der Waals surface area contributed by atoms with Crippen molar-refractivity contribution in [2.45, 2.75) is 80.1 Å². The van der Waals surface area contributed by atoms with Gasteiger partial charge in [0.15, 0.2) is 0 Å². The van der Waals surface area contributed by atoms with Crippen LogP contribution < -0.4 is 24.8 Å². The van der Waals surface area contributed by atoms with Crippen LogP contribution in [0.4, 0.5) is 0 Å². The topological polar surface area (TPSA) is 3.24 Å². The van der Waals surface area contributed by atoms with E-state index in [1.165, 1.54) is 38.5 Å². The Hall–Kier alpha value is 0.734. The number of rotatable bonds is 9. The maximum Gasteiger partial charge on any atom is -1.00 e. The van der Waals surface area contributed by atoms with Crippen molar-refractivity contribution in [3.8, 4) is 0 Å². The van der Waals surface area contributed by atoms with E-state index in [1.54, 1.807) is 20.6 Å². The fourth-order valence-electron chi connectivity index (χ4n) is 3.89. The van der Waals surface area contributed by atoms with Gasteiger partial charge in [-0.15, -0.1) is 0 Å². The van der Waals surface area contributed by atoms with Crippen molar-refractivity contribution in [1.82, 2.24) is 4.90 Å². The molecule has 0 heterocycles. The van der Waals surface area contributed by atoms with Gasteiger partial charge in [-0.25, -0.2) is 0 Å². The average Bonchev–Trinajstić information content (AvgIpc) is 2.89. The second kappa shape index (κ2) is 11.5. The summed E-state index contributed by atoms with van der Waals surface area (Å²) in [5.41, 5.74) is 5.87. The molecule has 0 fully saturated rings. The molecule has 0 N–H and O–H groups in total. The quantitative estimate of drug-likeness (QED) is 0.476. The maximum atomic E-state index is 2.50. The van der Waals surface area contributed by atoms with Crippen LogP contribution in [0, 0.1) is 10.8 Å². The van der Waals surface area contributed by atoms with Crippen LogP contribution in [-0.2, 0) is 20.4 Å². The van der Waals surface area contributed by atoms with Crippen molar-refractivity contribution in [3.63, 3.8) is 0 Å². The van der Waals surface area contributed by atoms with Crippen LogP contribution in [0.5, 0.6) is 0 Å². The zero-order chi connectivity index (χ0) is 17.8. The summed E-state index contributed by atoms with van der Waals surface area (Å²) >= 11 is 2.40. The molecule has 0 saturated carbocycles. The molecule has 0 radical (unpaired) electrons. The van der Waals surface area contributed by atoms with Gasteiger partial charge in [-0.05, 0) is 0 Å². The smallest absolute Gasteiger partial charge is 1.00 e. The summed E-state index contributed by atoms with van der Waals surface area (Å²) in [6, 6.07) is 0. The summed E-state index contributed by atoms with van der Waals surface area (Å²) in [5, 5.41) is 0. The summed E-state index contributed by atoms with van der Waals surface area (Å²) in [6.07, 6.45) is 7.40. The summed E-state index contributed by atoms with van der Waals surface area (Å²) in [7, 11) is 4.38. The van der Waals surface area contributed by atoms with Crippen LogP contribution in [0.1, 0.15) is 80.1 Å². The third-order valence-corrected chi connectivity index (χ3v) is 7.15. The first-order chi connectivity index (χ1) is 10.7. The number of halogens is 2. The Labute approximate surface area is 181 Å². The molecule has 0 unspecified atom stereocenters. The molecule has 1 aliphatic carbocycles. The van der Waals surface area contributed by atoms with Gasteiger partial charge in [0, 0.05) is 0 Å². The third kappa shape index (κ3) is 6.11. The third-order valence-electron chi connectivity index (χ3n) is 6.48. The second-order valence-electron chi connectivity index (χ2n) is 8.10. The van der Waals surface area contributed by atoms with E-state index in [2.05, 4.69) is 81.0 Å². The zero-order valence-corrected chi connectivity index (χ0v) is 20.7. The van der Waals surface area contributed by atoms with Crippen molar-refractivity contribution < 1.29 is 45.2 Å². The van der Waals surface area contributed by atoms with Crippen molar-refractivity contribution in [2.75, 3.05) is 20.6 Å². The van der Waals surface area contributed by atoms with E-state index >= 15 is 0 Å². The van der Waals surface area contributed by atoms with E-state index in [0.29, 0.717) is 10.8 Å². The molecular weight excluding hydrogens is 385 g/mol. The predicted molar refractivity (Wildman–Crippen MR) is 99.2 cm³/mol. The molecule has 25 heavy (non-hydrogen) atoms. The molecule has 1 rings (SSSR count). The van der Waals surface area contributed by atoms with E-state index in [-0.39, 0.29) is 24.8 Å². The minimum atomic E-state index is 0. The van der Waals surface area contributed by atoms with Gasteiger partial charge >= 0.3 is 157 Å². The standard InChI is InChI=1S/C21H38N.2ClH.Ti/c1-9-20(5,10-2)18-14-13-17(15-16-22(7)8)19(18)21(6,11-3)12-4;;;/h9-13,15-16H2,1-8H3;2*1H;/q;;;+2/p-2. The number of hydrogen-bond acceptors (Lipinski definition) is 1. The molecule has 0 aliphatic heterocycles. The first kappa shape index (κ1) is 27.9. The molecule has 145 valence electrons. The fourth-order valence-corrected chi connectivity index (χ4v) is 4.89. The number of hydrogen-bond donors (Lipinski definition) is 0. The van der Waals surface area contributed by atoms with Crippen LogP contribution in [0.15, 0.2) is 20.6 Å². The molecule has 0 atom stereocenters. The number of allylic oxidation sites excluding steroid dienone is 3. The minimum absolute atomic E-state index is 0. The minimum Gasteiger partial charge on any atom is -1.00 e. The maximum absolute atomic E-state index is 2.50. The first-order valence-electron chi connectivity index (χ1n) is 9.51. The Balaban J connectivity index is 0. The largest absolute Gasteiger partial charge is 1.00 e. The average molecular weight is 423 g/mol. The molecular formula is C21H38Cl2NTi. The van der Waals surface area contributed by atoms with Crippen LogP contribution in [0.2, 0.25) is 0 Å². The molecule has 0 bridgehead atoms. The van der Waals surface area contributed by atoms with Crippen molar-refractivity contribution in [1.29, 1.82) is 0 Å². The zero-order valence-electron chi connectivity index (χ0n) is 17.7. The van der Waals surface area contributed by atoms with Crippen LogP contribution >= 0.6 is 0 Å². The van der Waals surface area contributed by atoms with Gasteiger partial charge in [0.05, 0.1) is 0 Å². The summed E-state index contributed by atoms with van der Waals surface area (Å²) in [6.45, 7) is 15.6. The monoisotopic (exact) mass is 422 g/mol. The normalized spacial score (nSPS) is 15.6. The Morgan fingerprint density at radius 3 is 1.60 bits per heavy atom.